The maximum atomic E-state index is 13.7. The molecule has 20 nitrogen and oxygen atoms in total. The molecule has 78 heavy (non-hydrogen) atoms. The molecule has 2 aromatic carbocycles. The van der Waals surface area contributed by atoms with Crippen LogP contribution in [0, 0.1) is 11.8 Å². The van der Waals surface area contributed by atoms with Gasteiger partial charge < -0.3 is 59.0 Å². The number of allylic oxidation sites excluding steroid dienone is 2. The average molecular weight is 1200 g/mol. The molecule has 2 aromatic heterocycles. The van der Waals surface area contributed by atoms with Gasteiger partial charge in [0.25, 0.3) is 0 Å². The summed E-state index contributed by atoms with van der Waals surface area (Å²) in [5, 5.41) is 18.9. The number of aromatic nitrogens is 2. The van der Waals surface area contributed by atoms with E-state index in [1.165, 1.54) is 4.90 Å². The van der Waals surface area contributed by atoms with Crippen LogP contribution in [0.2, 0.25) is 0 Å². The van der Waals surface area contributed by atoms with Gasteiger partial charge in [-0.15, -0.1) is 0 Å². The molecule has 6 heterocycles. The van der Waals surface area contributed by atoms with E-state index < -0.39 is 53.2 Å². The molecule has 0 spiro atoms. The van der Waals surface area contributed by atoms with Crippen molar-refractivity contribution in [3.05, 3.63) is 82.0 Å². The van der Waals surface area contributed by atoms with Crippen molar-refractivity contribution in [2.24, 2.45) is 11.8 Å². The number of pyridine rings is 2. The number of hydrogen-bond donors (Lipinski definition) is 3. The van der Waals surface area contributed by atoms with Crippen molar-refractivity contribution in [1.82, 2.24) is 40.2 Å². The largest absolute Gasteiger partial charge is 0.497 e. The number of benzene rings is 2. The predicted molar refractivity (Wildman–Crippen MR) is 295 cm³/mol. The van der Waals surface area contributed by atoms with Gasteiger partial charge in [0, 0.05) is 94.7 Å². The van der Waals surface area contributed by atoms with Gasteiger partial charge in [0.2, 0.25) is 23.6 Å². The van der Waals surface area contributed by atoms with Crippen molar-refractivity contribution in [1.29, 1.82) is 0 Å². The molecule has 2 saturated heterocycles. The van der Waals surface area contributed by atoms with E-state index in [0.717, 1.165) is 69.0 Å². The van der Waals surface area contributed by atoms with E-state index in [0.29, 0.717) is 49.2 Å². The van der Waals surface area contributed by atoms with Crippen molar-refractivity contribution in [3.63, 3.8) is 0 Å². The second kappa shape index (κ2) is 23.7. The molecule has 4 fully saturated rings. The van der Waals surface area contributed by atoms with Crippen molar-refractivity contribution >= 4 is 89.2 Å². The highest BCUT2D eigenvalue weighted by atomic mass is 79.9. The van der Waals surface area contributed by atoms with Crippen LogP contribution >= 0.6 is 31.9 Å². The van der Waals surface area contributed by atoms with Crippen LogP contribution in [0.1, 0.15) is 71.1 Å². The second-order valence-corrected chi connectivity index (χ2v) is 22.5. The standard InChI is InChI=1S/C29H35BrN4O6.C27H31BrN4O6/c1-4-39-27(36)29-15-18(29)9-7-5-6-8-12-33(2)28(37)34-17-20(14-24(34)25(35)32-29)40-26-21-11-10-19(38-3)13-22(21)23(30)16-31-26;1-31-10-6-4-3-5-7-16-13-27(16,25(34)35)30-23(33)22-12-18(15-32(22)26(31)36)38-24-19-9-8-17(37-2)11-20(19)21(28)14-29-24/h7,9-11,13,16,18,20,24H,4-6,8,12,14-15,17H2,1-3H3,(H,32,35);5,7-9,11,14,16,18,22H,3-4,6,10,12-13,15H2,1-2H3,(H,30,33)(H,34,35)/b9-7-;7-5-/t18-,20-,24+,29-;16-,18-,22+,27-/m11/s1. The third-order valence-corrected chi connectivity index (χ3v) is 16.8. The van der Waals surface area contributed by atoms with Crippen LogP contribution in [0.25, 0.3) is 21.5 Å². The zero-order chi connectivity index (χ0) is 55.5. The molecular formula is C56H66Br2N8O12. The highest BCUT2D eigenvalue weighted by Crippen LogP contribution is 2.47. The SMILES string of the molecule is CCOC(=O)[C@@]12C[C@H]1/C=C\CCCCN(C)C(=O)N1C[C@H](Oc3ncc(Br)c4cc(OC)ccc34)C[C@H]1C(=O)N2.COc1ccc2c(O[C@@H]3C[C@H]4C(=O)N[C@]5(C(=O)O)C[C@H]5/C=C\CCCCN(C)C(=O)N4C3)ncc(Br)c2c1. The fourth-order valence-corrected chi connectivity index (χ4v) is 11.8. The second-order valence-electron chi connectivity index (χ2n) is 20.8. The molecule has 4 aromatic rings. The minimum atomic E-state index is -1.33. The quantitative estimate of drug-likeness (QED) is 0.108. The van der Waals surface area contributed by atoms with Crippen molar-refractivity contribution in [2.45, 2.75) is 107 Å². The average Bonchev–Trinajstić information content (AvgIpc) is 4.20. The van der Waals surface area contributed by atoms with E-state index >= 15 is 0 Å². The number of carbonyl (C=O) groups excluding carboxylic acids is 5. The van der Waals surface area contributed by atoms with Gasteiger partial charge in [-0.2, -0.15) is 0 Å². The van der Waals surface area contributed by atoms with Crippen molar-refractivity contribution in [2.75, 3.05) is 61.1 Å². The van der Waals surface area contributed by atoms with E-state index in [4.69, 9.17) is 23.7 Å². The van der Waals surface area contributed by atoms with E-state index in [9.17, 15) is 33.9 Å². The van der Waals surface area contributed by atoms with Gasteiger partial charge in [-0.3, -0.25) is 9.59 Å². The molecule has 2 aliphatic carbocycles. The lowest BCUT2D eigenvalue weighted by Crippen LogP contribution is -2.55. The number of nitrogens with zero attached hydrogens (tertiary/aromatic N) is 6. The number of amides is 6. The highest BCUT2D eigenvalue weighted by molar-refractivity contribution is 9.11. The Morgan fingerprint density at radius 2 is 1.13 bits per heavy atom. The Balaban J connectivity index is 0.000000190. The van der Waals surface area contributed by atoms with Crippen LogP contribution in [0.3, 0.4) is 0 Å². The summed E-state index contributed by atoms with van der Waals surface area (Å²) in [7, 11) is 6.68. The number of halogens is 2. The lowest BCUT2D eigenvalue weighted by molar-refractivity contribution is -0.149. The molecule has 8 atom stereocenters. The maximum absolute atomic E-state index is 13.7. The van der Waals surface area contributed by atoms with Crippen LogP contribution < -0.4 is 29.6 Å². The molecule has 0 bridgehead atoms. The Morgan fingerprint density at radius 3 is 1.58 bits per heavy atom. The predicted octanol–water partition coefficient (Wildman–Crippen LogP) is 7.64. The van der Waals surface area contributed by atoms with Gasteiger partial charge in [0.1, 0.15) is 46.9 Å². The first-order valence-corrected chi connectivity index (χ1v) is 28.1. The number of hydrogen-bond acceptors (Lipinski definition) is 13. The third kappa shape index (κ3) is 11.7. The van der Waals surface area contributed by atoms with Crippen molar-refractivity contribution in [3.8, 4) is 23.3 Å². The monoisotopic (exact) mass is 1200 g/mol. The number of urea groups is 2. The van der Waals surface area contributed by atoms with Gasteiger partial charge in [-0.05, 0) is 127 Å². The van der Waals surface area contributed by atoms with Gasteiger partial charge in [-0.25, -0.2) is 29.1 Å². The minimum absolute atomic E-state index is 0.131. The van der Waals surface area contributed by atoms with E-state index in [1.807, 2.05) is 54.6 Å². The number of carboxylic acid groups (broad SMARTS) is 1. The first kappa shape index (κ1) is 56.1. The Kier molecular flexibility index (Phi) is 17.1. The fourth-order valence-electron chi connectivity index (χ4n) is 10.9. The number of methoxy groups -OCH3 is 2. The number of fused-ring (bicyclic) bond motifs is 6. The lowest BCUT2D eigenvalue weighted by atomic mass is 10.1. The number of esters is 1. The highest BCUT2D eigenvalue weighted by Gasteiger charge is 2.63. The third-order valence-electron chi connectivity index (χ3n) is 15.6. The van der Waals surface area contributed by atoms with Crippen LogP contribution in [-0.4, -0.2) is 167 Å². The number of carboxylic acids is 1. The Labute approximate surface area is 469 Å². The summed E-state index contributed by atoms with van der Waals surface area (Å²) in [5.74, 6) is -0.559. The first-order valence-electron chi connectivity index (χ1n) is 26.5. The zero-order valence-corrected chi connectivity index (χ0v) is 47.5. The van der Waals surface area contributed by atoms with Crippen LogP contribution in [-0.2, 0) is 23.9 Å². The van der Waals surface area contributed by atoms with Crippen LogP contribution in [0.15, 0.2) is 82.0 Å². The van der Waals surface area contributed by atoms with Crippen molar-refractivity contribution < 1.29 is 57.6 Å². The minimum Gasteiger partial charge on any atom is -0.497 e. The van der Waals surface area contributed by atoms with Gasteiger partial charge in [-0.1, -0.05) is 24.3 Å². The molecular weight excluding hydrogens is 1140 g/mol. The molecule has 0 unspecified atom stereocenters. The molecule has 22 heteroatoms. The summed E-state index contributed by atoms with van der Waals surface area (Å²) in [6.07, 6.45) is 16.7. The smallest absolute Gasteiger partial charge is 0.332 e. The van der Waals surface area contributed by atoms with E-state index in [1.54, 1.807) is 62.3 Å². The Morgan fingerprint density at radius 1 is 0.679 bits per heavy atom. The molecule has 2 saturated carbocycles. The summed E-state index contributed by atoms with van der Waals surface area (Å²) in [5.41, 5.74) is -2.43. The molecule has 4 aliphatic heterocycles. The Hall–Kier alpha value is -6.68. The van der Waals surface area contributed by atoms with Gasteiger partial charge in [0.15, 0.2) is 0 Å². The summed E-state index contributed by atoms with van der Waals surface area (Å²) in [4.78, 5) is 94.6. The number of carbonyl (C=O) groups is 6. The molecule has 416 valence electrons. The van der Waals surface area contributed by atoms with E-state index in [-0.39, 0.29) is 62.3 Å². The van der Waals surface area contributed by atoms with Gasteiger partial charge >= 0.3 is 24.0 Å². The number of nitrogens with one attached hydrogen (secondary N) is 2. The molecule has 3 N–H and O–H groups in total. The first-order chi connectivity index (χ1) is 37.5. The molecule has 0 radical (unpaired) electrons. The summed E-state index contributed by atoms with van der Waals surface area (Å²) < 4.78 is 30.3. The normalized spacial score (nSPS) is 28.2. The lowest BCUT2D eigenvalue weighted by Gasteiger charge is -2.30. The topological polar surface area (TPSA) is 232 Å². The van der Waals surface area contributed by atoms with Crippen LogP contribution in [0.5, 0.6) is 23.3 Å². The number of aliphatic carboxylic acids is 1. The molecule has 10 rings (SSSR count). The maximum Gasteiger partial charge on any atom is 0.332 e. The summed E-state index contributed by atoms with van der Waals surface area (Å²) in [6, 6.07) is 8.97. The van der Waals surface area contributed by atoms with E-state index in [2.05, 4.69) is 58.5 Å². The number of rotatable bonds is 9. The van der Waals surface area contributed by atoms with Gasteiger partial charge in [0.05, 0.1) is 33.9 Å². The summed E-state index contributed by atoms with van der Waals surface area (Å²) >= 11 is 7.07. The molecule has 6 amide bonds. The molecule has 6 aliphatic rings. The summed E-state index contributed by atoms with van der Waals surface area (Å²) in [6.45, 7) is 3.51. The van der Waals surface area contributed by atoms with Crippen LogP contribution in [0.4, 0.5) is 9.59 Å². The zero-order valence-electron chi connectivity index (χ0n) is 44.4. The Bertz CT molecular complexity index is 3040. The fraction of sp³-hybridized carbons (Fsp3) is 0.500. The number of ether oxygens (including phenoxy) is 5.